The average Bonchev–Trinajstić information content (AvgIpc) is 2.43. The van der Waals surface area contributed by atoms with E-state index >= 15 is 0 Å². The lowest BCUT2D eigenvalue weighted by atomic mass is 9.83. The molecule has 0 saturated heterocycles. The number of phenolic OH excluding ortho intramolecular Hbond substituents is 1. The fourth-order valence-corrected chi connectivity index (χ4v) is 3.52. The van der Waals surface area contributed by atoms with Crippen LogP contribution in [0.4, 0.5) is 5.69 Å². The number of benzene rings is 2. The second-order valence-electron chi connectivity index (χ2n) is 5.40. The Balaban J connectivity index is 2.19. The second kappa shape index (κ2) is 4.93. The summed E-state index contributed by atoms with van der Waals surface area (Å²) in [7, 11) is 0. The van der Waals surface area contributed by atoms with E-state index in [9.17, 15) is 5.11 Å². The van der Waals surface area contributed by atoms with E-state index in [2.05, 4.69) is 0 Å². The molecule has 1 aliphatic rings. The van der Waals surface area contributed by atoms with Crippen molar-refractivity contribution >= 4 is 28.1 Å². The molecular weight excluding hydrogens is 258 g/mol. The van der Waals surface area contributed by atoms with Crippen LogP contribution in [-0.2, 0) is 0 Å². The van der Waals surface area contributed by atoms with E-state index in [1.54, 1.807) is 0 Å². The highest BCUT2D eigenvalue weighted by Crippen LogP contribution is 2.44. The molecule has 1 saturated carbocycles. The lowest BCUT2D eigenvalue weighted by Crippen LogP contribution is -2.05. The Morgan fingerprint density at radius 2 is 1.89 bits per heavy atom. The highest BCUT2D eigenvalue weighted by molar-refractivity contribution is 6.37. The zero-order valence-electron chi connectivity index (χ0n) is 10.8. The summed E-state index contributed by atoms with van der Waals surface area (Å²) in [6, 6.07) is 7.47. The van der Waals surface area contributed by atoms with E-state index in [1.165, 1.54) is 19.3 Å². The maximum absolute atomic E-state index is 10.5. The number of halogens is 1. The van der Waals surface area contributed by atoms with Crippen LogP contribution in [-0.4, -0.2) is 5.11 Å². The van der Waals surface area contributed by atoms with Gasteiger partial charge in [0, 0.05) is 16.5 Å². The Hall–Kier alpha value is -1.41. The zero-order chi connectivity index (χ0) is 13.4. The van der Waals surface area contributed by atoms with Gasteiger partial charge in [0.2, 0.25) is 0 Å². The first-order chi connectivity index (χ1) is 9.18. The summed E-state index contributed by atoms with van der Waals surface area (Å²) in [6.45, 7) is 0. The number of nitrogen functional groups attached to an aromatic ring is 1. The van der Waals surface area contributed by atoms with Crippen LogP contribution in [0.1, 0.15) is 43.6 Å². The molecule has 0 unspecified atom stereocenters. The lowest BCUT2D eigenvalue weighted by molar-refractivity contribution is 0.417. The first-order valence-electron chi connectivity index (χ1n) is 6.88. The number of hydrogen-bond donors (Lipinski definition) is 2. The molecule has 0 amide bonds. The normalized spacial score (nSPS) is 16.9. The molecule has 3 rings (SSSR count). The average molecular weight is 276 g/mol. The number of phenols is 1. The standard InChI is InChI=1S/C16H18ClNO/c17-13-9-12(10-5-2-1-3-6-10)16(19)11-7-4-8-14(18)15(11)13/h4,7-10,19H,1-3,5-6,18H2. The van der Waals surface area contributed by atoms with E-state index in [-0.39, 0.29) is 0 Å². The fraction of sp³-hybridized carbons (Fsp3) is 0.375. The summed E-state index contributed by atoms with van der Waals surface area (Å²) < 4.78 is 0. The van der Waals surface area contributed by atoms with Gasteiger partial charge in [0.25, 0.3) is 0 Å². The number of rotatable bonds is 1. The van der Waals surface area contributed by atoms with Gasteiger partial charge in [-0.15, -0.1) is 0 Å². The number of aromatic hydroxyl groups is 1. The van der Waals surface area contributed by atoms with Crippen molar-refractivity contribution in [1.29, 1.82) is 0 Å². The molecule has 19 heavy (non-hydrogen) atoms. The summed E-state index contributed by atoms with van der Waals surface area (Å²) in [4.78, 5) is 0. The maximum atomic E-state index is 10.5. The molecule has 0 aliphatic heterocycles. The van der Waals surface area contributed by atoms with Crippen LogP contribution in [0.15, 0.2) is 24.3 Å². The van der Waals surface area contributed by atoms with Gasteiger partial charge in [0.1, 0.15) is 5.75 Å². The van der Waals surface area contributed by atoms with E-state index in [4.69, 9.17) is 17.3 Å². The smallest absolute Gasteiger partial charge is 0.127 e. The Kier molecular flexibility index (Phi) is 3.28. The molecule has 0 bridgehead atoms. The predicted octanol–water partition coefficient (Wildman–Crippen LogP) is 4.83. The summed E-state index contributed by atoms with van der Waals surface area (Å²) in [5.41, 5.74) is 7.57. The predicted molar refractivity (Wildman–Crippen MR) is 80.9 cm³/mol. The Morgan fingerprint density at radius 3 is 2.63 bits per heavy atom. The van der Waals surface area contributed by atoms with Gasteiger partial charge in [0.05, 0.1) is 5.02 Å². The largest absolute Gasteiger partial charge is 0.507 e. The van der Waals surface area contributed by atoms with Crippen molar-refractivity contribution in [2.24, 2.45) is 0 Å². The molecular formula is C16H18ClNO. The van der Waals surface area contributed by atoms with Gasteiger partial charge in [-0.25, -0.2) is 0 Å². The van der Waals surface area contributed by atoms with Gasteiger partial charge in [-0.3, -0.25) is 0 Å². The van der Waals surface area contributed by atoms with Crippen LogP contribution in [0.5, 0.6) is 5.75 Å². The van der Waals surface area contributed by atoms with Gasteiger partial charge >= 0.3 is 0 Å². The monoisotopic (exact) mass is 275 g/mol. The Bertz CT molecular complexity index is 618. The van der Waals surface area contributed by atoms with Gasteiger partial charge in [-0.1, -0.05) is 43.0 Å². The third kappa shape index (κ3) is 2.14. The third-order valence-corrected chi connectivity index (χ3v) is 4.49. The summed E-state index contributed by atoms with van der Waals surface area (Å²) in [5, 5.41) is 12.7. The Labute approximate surface area is 118 Å². The molecule has 0 atom stereocenters. The number of hydrogen-bond acceptors (Lipinski definition) is 2. The molecule has 2 nitrogen and oxygen atoms in total. The van der Waals surface area contributed by atoms with Gasteiger partial charge in [-0.2, -0.15) is 0 Å². The Morgan fingerprint density at radius 1 is 1.16 bits per heavy atom. The third-order valence-electron chi connectivity index (χ3n) is 4.19. The summed E-state index contributed by atoms with van der Waals surface area (Å²) >= 11 is 6.37. The van der Waals surface area contributed by atoms with Gasteiger partial charge in [-0.05, 0) is 36.5 Å². The number of fused-ring (bicyclic) bond motifs is 1. The van der Waals surface area contributed by atoms with Crippen LogP contribution in [0.3, 0.4) is 0 Å². The highest BCUT2D eigenvalue weighted by atomic mass is 35.5. The van der Waals surface area contributed by atoms with E-state index < -0.39 is 0 Å². The van der Waals surface area contributed by atoms with Gasteiger partial charge < -0.3 is 10.8 Å². The molecule has 100 valence electrons. The zero-order valence-corrected chi connectivity index (χ0v) is 11.6. The first-order valence-corrected chi connectivity index (χ1v) is 7.26. The number of nitrogens with two attached hydrogens (primary N) is 1. The topological polar surface area (TPSA) is 46.2 Å². The highest BCUT2D eigenvalue weighted by Gasteiger charge is 2.21. The molecule has 2 aromatic carbocycles. The molecule has 3 N–H and O–H groups in total. The van der Waals surface area contributed by atoms with Crippen molar-refractivity contribution in [3.63, 3.8) is 0 Å². The van der Waals surface area contributed by atoms with Crippen LogP contribution in [0, 0.1) is 0 Å². The van der Waals surface area contributed by atoms with E-state index in [0.29, 0.717) is 22.4 Å². The second-order valence-corrected chi connectivity index (χ2v) is 5.81. The molecule has 0 radical (unpaired) electrons. The molecule has 1 fully saturated rings. The summed E-state index contributed by atoms with van der Waals surface area (Å²) in [6.07, 6.45) is 6.04. The molecule has 3 heteroatoms. The fourth-order valence-electron chi connectivity index (χ4n) is 3.19. The SMILES string of the molecule is Nc1cccc2c(O)c(C3CCCCC3)cc(Cl)c12. The first kappa shape index (κ1) is 12.6. The van der Waals surface area contributed by atoms with Crippen molar-refractivity contribution in [2.75, 3.05) is 5.73 Å². The summed E-state index contributed by atoms with van der Waals surface area (Å²) in [5.74, 6) is 0.788. The van der Waals surface area contributed by atoms with Crippen molar-refractivity contribution in [3.05, 3.63) is 34.9 Å². The van der Waals surface area contributed by atoms with Crippen molar-refractivity contribution in [3.8, 4) is 5.75 Å². The number of anilines is 1. The van der Waals surface area contributed by atoms with Gasteiger partial charge in [0.15, 0.2) is 0 Å². The molecule has 2 aromatic rings. The molecule has 1 aliphatic carbocycles. The van der Waals surface area contributed by atoms with E-state index in [1.807, 2.05) is 24.3 Å². The molecule has 0 heterocycles. The van der Waals surface area contributed by atoms with Crippen LogP contribution >= 0.6 is 11.6 Å². The maximum Gasteiger partial charge on any atom is 0.127 e. The molecule has 0 aromatic heterocycles. The quantitative estimate of drug-likeness (QED) is 0.732. The van der Waals surface area contributed by atoms with Crippen molar-refractivity contribution in [2.45, 2.75) is 38.0 Å². The van der Waals surface area contributed by atoms with Crippen molar-refractivity contribution in [1.82, 2.24) is 0 Å². The molecule has 0 spiro atoms. The van der Waals surface area contributed by atoms with Crippen LogP contribution < -0.4 is 5.73 Å². The van der Waals surface area contributed by atoms with Crippen LogP contribution in [0.2, 0.25) is 5.02 Å². The minimum Gasteiger partial charge on any atom is -0.507 e. The van der Waals surface area contributed by atoms with Crippen molar-refractivity contribution < 1.29 is 5.11 Å². The lowest BCUT2D eigenvalue weighted by Gasteiger charge is -2.24. The minimum atomic E-state index is 0.360. The van der Waals surface area contributed by atoms with E-state index in [0.717, 1.165) is 29.2 Å². The minimum absolute atomic E-state index is 0.360. The van der Waals surface area contributed by atoms with Crippen LogP contribution in [0.25, 0.3) is 10.8 Å².